The van der Waals surface area contributed by atoms with Crippen molar-refractivity contribution in [3.63, 3.8) is 0 Å². The van der Waals surface area contributed by atoms with Crippen molar-refractivity contribution >= 4 is 11.8 Å². The molecule has 0 bridgehead atoms. The maximum absolute atomic E-state index is 13.7. The minimum Gasteiger partial charge on any atom is -0.490 e. The Kier molecular flexibility index (Phi) is 7.96. The summed E-state index contributed by atoms with van der Waals surface area (Å²) in [6.07, 6.45) is 1.59. The summed E-state index contributed by atoms with van der Waals surface area (Å²) in [5, 5.41) is 3.10. The molecule has 2 amide bonds. The maximum Gasteiger partial charge on any atom is 0.254 e. The van der Waals surface area contributed by atoms with Gasteiger partial charge in [-0.25, -0.2) is 0 Å². The molecule has 0 saturated heterocycles. The number of benzene rings is 2. The standard InChI is InChI=1S/C28H36N2O5/c1-5-33-23-16-19-12-14-30-26(22(19)17-24(23)34-6-2)25(20-10-7-8-11-21(20)28(30)32)27(31)29-13-9-15-35-18(3)4/h7-8,10-11,16-18,25-26H,5-6,9,12-15H2,1-4H3,(H,29,31). The summed E-state index contributed by atoms with van der Waals surface area (Å²) in [6, 6.07) is 11.1. The van der Waals surface area contributed by atoms with Crippen molar-refractivity contribution in [1.29, 1.82) is 0 Å². The van der Waals surface area contributed by atoms with Crippen molar-refractivity contribution in [3.05, 3.63) is 58.7 Å². The van der Waals surface area contributed by atoms with Crippen LogP contribution in [-0.2, 0) is 16.0 Å². The van der Waals surface area contributed by atoms with Crippen LogP contribution < -0.4 is 14.8 Å². The van der Waals surface area contributed by atoms with Crippen LogP contribution in [0.3, 0.4) is 0 Å². The van der Waals surface area contributed by atoms with Crippen LogP contribution in [0.25, 0.3) is 0 Å². The van der Waals surface area contributed by atoms with E-state index in [1.165, 1.54) is 0 Å². The molecule has 0 fully saturated rings. The molecule has 2 atom stereocenters. The van der Waals surface area contributed by atoms with Gasteiger partial charge < -0.3 is 24.4 Å². The Morgan fingerprint density at radius 1 is 1.09 bits per heavy atom. The van der Waals surface area contributed by atoms with Crippen LogP contribution >= 0.6 is 0 Å². The average Bonchev–Trinajstić information content (AvgIpc) is 2.84. The van der Waals surface area contributed by atoms with Gasteiger partial charge >= 0.3 is 0 Å². The molecule has 2 aromatic carbocycles. The Morgan fingerprint density at radius 3 is 2.51 bits per heavy atom. The van der Waals surface area contributed by atoms with Gasteiger partial charge in [0, 0.05) is 25.3 Å². The molecule has 0 radical (unpaired) electrons. The van der Waals surface area contributed by atoms with E-state index in [9.17, 15) is 9.59 Å². The van der Waals surface area contributed by atoms with Crippen molar-refractivity contribution in [2.24, 2.45) is 0 Å². The summed E-state index contributed by atoms with van der Waals surface area (Å²) in [6.45, 7) is 10.6. The highest BCUT2D eigenvalue weighted by Crippen LogP contribution is 2.48. The number of rotatable bonds is 10. The molecule has 2 heterocycles. The van der Waals surface area contributed by atoms with Crippen LogP contribution in [-0.4, -0.2) is 55.7 Å². The van der Waals surface area contributed by atoms with E-state index < -0.39 is 12.0 Å². The van der Waals surface area contributed by atoms with Gasteiger partial charge in [0.05, 0.1) is 31.3 Å². The number of nitrogens with zero attached hydrogens (tertiary/aromatic N) is 1. The number of amides is 2. The molecule has 4 rings (SSSR count). The van der Waals surface area contributed by atoms with Gasteiger partial charge in [-0.05, 0) is 75.4 Å². The summed E-state index contributed by atoms with van der Waals surface area (Å²) in [7, 11) is 0. The molecule has 0 spiro atoms. The van der Waals surface area contributed by atoms with E-state index in [1.807, 2.05) is 69.0 Å². The first-order valence-corrected chi connectivity index (χ1v) is 12.7. The SMILES string of the molecule is CCOc1cc2c(cc1OCC)C1C(C(=O)NCCCOC(C)C)c3ccccc3C(=O)N1CC2. The summed E-state index contributed by atoms with van der Waals surface area (Å²) in [4.78, 5) is 29.0. The van der Waals surface area contributed by atoms with E-state index in [4.69, 9.17) is 14.2 Å². The lowest BCUT2D eigenvalue weighted by atomic mass is 9.75. The molecule has 2 aliphatic heterocycles. The first-order chi connectivity index (χ1) is 17.0. The van der Waals surface area contributed by atoms with Crippen LogP contribution in [0, 0.1) is 0 Å². The zero-order chi connectivity index (χ0) is 24.9. The number of carbonyl (C=O) groups excluding carboxylic acids is 2. The van der Waals surface area contributed by atoms with Gasteiger partial charge in [0.25, 0.3) is 5.91 Å². The quantitative estimate of drug-likeness (QED) is 0.515. The fourth-order valence-corrected chi connectivity index (χ4v) is 5.07. The summed E-state index contributed by atoms with van der Waals surface area (Å²) in [5.41, 5.74) is 3.42. The van der Waals surface area contributed by atoms with Gasteiger partial charge in [0.2, 0.25) is 5.91 Å². The molecule has 0 aliphatic carbocycles. The van der Waals surface area contributed by atoms with E-state index in [-0.39, 0.29) is 17.9 Å². The maximum atomic E-state index is 13.7. The van der Waals surface area contributed by atoms with Gasteiger partial charge in [-0.3, -0.25) is 9.59 Å². The van der Waals surface area contributed by atoms with E-state index in [0.717, 1.165) is 23.1 Å². The Morgan fingerprint density at radius 2 is 1.80 bits per heavy atom. The van der Waals surface area contributed by atoms with Crippen LogP contribution in [0.5, 0.6) is 11.5 Å². The third kappa shape index (κ3) is 5.15. The fourth-order valence-electron chi connectivity index (χ4n) is 5.07. The second-order valence-corrected chi connectivity index (χ2v) is 9.19. The van der Waals surface area contributed by atoms with E-state index in [2.05, 4.69) is 5.32 Å². The highest BCUT2D eigenvalue weighted by atomic mass is 16.5. The van der Waals surface area contributed by atoms with Crippen molar-refractivity contribution < 1.29 is 23.8 Å². The third-order valence-electron chi connectivity index (χ3n) is 6.54. The Bertz CT molecular complexity index is 1070. The Labute approximate surface area is 207 Å². The second kappa shape index (κ2) is 11.1. The van der Waals surface area contributed by atoms with Gasteiger partial charge in [0.1, 0.15) is 0 Å². The lowest BCUT2D eigenvalue weighted by Gasteiger charge is -2.45. The van der Waals surface area contributed by atoms with Crippen LogP contribution in [0.1, 0.15) is 73.1 Å². The van der Waals surface area contributed by atoms with Crippen LogP contribution in [0.4, 0.5) is 0 Å². The second-order valence-electron chi connectivity index (χ2n) is 9.19. The molecule has 1 N–H and O–H groups in total. The number of fused-ring (bicyclic) bond motifs is 4. The van der Waals surface area contributed by atoms with Crippen molar-refractivity contribution in [1.82, 2.24) is 10.2 Å². The number of ether oxygens (including phenoxy) is 3. The zero-order valence-corrected chi connectivity index (χ0v) is 21.1. The van der Waals surface area contributed by atoms with Crippen LogP contribution in [0.2, 0.25) is 0 Å². The molecular weight excluding hydrogens is 444 g/mol. The summed E-state index contributed by atoms with van der Waals surface area (Å²) in [5.74, 6) is 0.726. The molecule has 2 unspecified atom stereocenters. The Balaban J connectivity index is 1.71. The van der Waals surface area contributed by atoms with Crippen LogP contribution in [0.15, 0.2) is 36.4 Å². The molecule has 0 saturated carbocycles. The predicted molar refractivity (Wildman–Crippen MR) is 134 cm³/mol. The third-order valence-corrected chi connectivity index (χ3v) is 6.54. The van der Waals surface area contributed by atoms with Crippen molar-refractivity contribution in [3.8, 4) is 11.5 Å². The average molecular weight is 481 g/mol. The summed E-state index contributed by atoms with van der Waals surface area (Å²) < 4.78 is 17.3. The summed E-state index contributed by atoms with van der Waals surface area (Å²) >= 11 is 0. The number of hydrogen-bond acceptors (Lipinski definition) is 5. The van der Waals surface area contributed by atoms with Crippen molar-refractivity contribution in [2.45, 2.75) is 58.6 Å². The first-order valence-electron chi connectivity index (χ1n) is 12.7. The highest BCUT2D eigenvalue weighted by molar-refractivity contribution is 6.01. The molecule has 0 aromatic heterocycles. The van der Waals surface area contributed by atoms with Gasteiger partial charge in [-0.2, -0.15) is 0 Å². The topological polar surface area (TPSA) is 77.1 Å². The molecule has 7 nitrogen and oxygen atoms in total. The van der Waals surface area contributed by atoms with E-state index in [1.54, 1.807) is 0 Å². The first kappa shape index (κ1) is 25.0. The highest BCUT2D eigenvalue weighted by Gasteiger charge is 2.46. The molecule has 7 heteroatoms. The van der Waals surface area contributed by atoms with Gasteiger partial charge in [0.15, 0.2) is 11.5 Å². The number of nitrogens with one attached hydrogen (secondary N) is 1. The molecule has 35 heavy (non-hydrogen) atoms. The largest absolute Gasteiger partial charge is 0.490 e. The Hall–Kier alpha value is -3.06. The number of hydrogen-bond donors (Lipinski definition) is 1. The predicted octanol–water partition coefficient (Wildman–Crippen LogP) is 4.25. The smallest absolute Gasteiger partial charge is 0.254 e. The fraction of sp³-hybridized carbons (Fsp3) is 0.500. The lowest BCUT2D eigenvalue weighted by Crippen LogP contribution is -2.50. The minimum absolute atomic E-state index is 0.0301. The minimum atomic E-state index is -0.513. The van der Waals surface area contributed by atoms with E-state index in [0.29, 0.717) is 56.4 Å². The molecule has 188 valence electrons. The molecule has 2 aromatic rings. The van der Waals surface area contributed by atoms with Crippen molar-refractivity contribution in [2.75, 3.05) is 32.9 Å². The molecular formula is C28H36N2O5. The normalized spacial score (nSPS) is 18.5. The molecule has 2 aliphatic rings. The van der Waals surface area contributed by atoms with E-state index >= 15 is 0 Å². The zero-order valence-electron chi connectivity index (χ0n) is 21.1. The van der Waals surface area contributed by atoms with Gasteiger partial charge in [-0.15, -0.1) is 0 Å². The van der Waals surface area contributed by atoms with Gasteiger partial charge in [-0.1, -0.05) is 18.2 Å². The monoisotopic (exact) mass is 480 g/mol. The number of carbonyl (C=O) groups is 2. The lowest BCUT2D eigenvalue weighted by molar-refractivity contribution is -0.124.